The van der Waals surface area contributed by atoms with Crippen LogP contribution in [0.2, 0.25) is 0 Å². The van der Waals surface area contributed by atoms with Crippen molar-refractivity contribution in [2.45, 2.75) is 52.2 Å². The van der Waals surface area contributed by atoms with Crippen LogP contribution in [-0.2, 0) is 38.3 Å². The van der Waals surface area contributed by atoms with E-state index in [-0.39, 0.29) is 47.4 Å². The van der Waals surface area contributed by atoms with Crippen LogP contribution in [-0.4, -0.2) is 69.7 Å². The number of carboxylic acids is 1. The molecule has 0 radical (unpaired) electrons. The third-order valence-corrected chi connectivity index (χ3v) is 9.38. The number of aryl methyl sites for hydroxylation is 1. The normalized spacial score (nSPS) is 22.7. The van der Waals surface area contributed by atoms with E-state index in [1.165, 1.54) is 16.2 Å². The van der Waals surface area contributed by atoms with Gasteiger partial charge in [-0.2, -0.15) is 26.3 Å². The van der Waals surface area contributed by atoms with Crippen LogP contribution in [0.15, 0.2) is 24.4 Å². The number of fused-ring (bicyclic) bond motifs is 2. The second-order valence-corrected chi connectivity index (χ2v) is 12.8. The number of carboxylic acid groups (broad SMARTS) is 1. The molecule has 2 aliphatic heterocycles. The summed E-state index contributed by atoms with van der Waals surface area (Å²) >= 11 is 1.33. The molecule has 1 aliphatic carbocycles. The van der Waals surface area contributed by atoms with Gasteiger partial charge >= 0.3 is 18.3 Å². The van der Waals surface area contributed by atoms with Gasteiger partial charge in [0.15, 0.2) is 0 Å². The molecule has 3 atom stereocenters. The van der Waals surface area contributed by atoms with E-state index in [4.69, 9.17) is 14.6 Å². The molecule has 3 aromatic rings. The zero-order valence-corrected chi connectivity index (χ0v) is 25.0. The first-order valence-electron chi connectivity index (χ1n) is 13.8. The zero-order valence-electron chi connectivity index (χ0n) is 24.2. The number of nitrogens with zero attached hydrogens (tertiary/aromatic N) is 3. The van der Waals surface area contributed by atoms with E-state index in [1.54, 1.807) is 25.3 Å². The van der Waals surface area contributed by atoms with Gasteiger partial charge in [-0.1, -0.05) is 13.8 Å². The summed E-state index contributed by atoms with van der Waals surface area (Å²) in [5.41, 5.74) is 1.33. The highest BCUT2D eigenvalue weighted by Crippen LogP contribution is 2.63. The van der Waals surface area contributed by atoms with E-state index in [2.05, 4.69) is 15.3 Å². The van der Waals surface area contributed by atoms with Gasteiger partial charge in [-0.3, -0.25) is 19.5 Å². The Bertz CT molecular complexity index is 1640. The Kier molecular flexibility index (Phi) is 8.46. The number of thiophene rings is 1. The van der Waals surface area contributed by atoms with Gasteiger partial charge in [0, 0.05) is 36.1 Å². The quantitative estimate of drug-likeness (QED) is 0.291. The molecular weight excluding hydrogens is 630 g/mol. The molecule has 16 heteroatoms. The molecule has 3 unspecified atom stereocenters. The van der Waals surface area contributed by atoms with Gasteiger partial charge in [-0.05, 0) is 41.7 Å². The van der Waals surface area contributed by atoms with Gasteiger partial charge in [0.2, 0.25) is 11.8 Å². The predicted octanol–water partition coefficient (Wildman–Crippen LogP) is 4.99. The largest absolute Gasteiger partial charge is 0.490 e. The first kappa shape index (κ1) is 32.8. The third-order valence-electron chi connectivity index (χ3n) is 8.24. The smallest absolute Gasteiger partial charge is 0.475 e. The summed E-state index contributed by atoms with van der Waals surface area (Å²) in [5, 5.41) is 10.4. The number of hydrogen-bond donors (Lipinski definition) is 2. The molecule has 242 valence electrons. The van der Waals surface area contributed by atoms with E-state index < -0.39 is 24.0 Å². The summed E-state index contributed by atoms with van der Waals surface area (Å²) in [5.74, 6) is -3.61. The van der Waals surface area contributed by atoms with Crippen molar-refractivity contribution in [3.8, 4) is 11.3 Å². The number of rotatable bonds is 5. The monoisotopic (exact) mass is 658 g/mol. The van der Waals surface area contributed by atoms with E-state index >= 15 is 0 Å². The minimum Gasteiger partial charge on any atom is -0.475 e. The zero-order chi connectivity index (χ0) is 33.1. The van der Waals surface area contributed by atoms with Crippen molar-refractivity contribution in [3.63, 3.8) is 0 Å². The molecule has 2 amide bonds. The average Bonchev–Trinajstić information content (AvgIpc) is 3.19. The summed E-state index contributed by atoms with van der Waals surface area (Å²) < 4.78 is 79.6. The highest BCUT2D eigenvalue weighted by Gasteiger charge is 2.72. The van der Waals surface area contributed by atoms with Crippen LogP contribution in [0.1, 0.15) is 35.5 Å². The lowest BCUT2D eigenvalue weighted by Crippen LogP contribution is -2.39. The molecule has 3 aromatic heterocycles. The van der Waals surface area contributed by atoms with E-state index in [0.29, 0.717) is 46.5 Å². The number of carbonyl (C=O) groups is 3. The van der Waals surface area contributed by atoms with Crippen LogP contribution in [0.4, 0.5) is 26.3 Å². The van der Waals surface area contributed by atoms with Crippen molar-refractivity contribution in [1.29, 1.82) is 0 Å². The maximum absolute atomic E-state index is 13.8. The second-order valence-electron chi connectivity index (χ2n) is 11.7. The third kappa shape index (κ3) is 6.40. The number of ether oxygens (including phenoxy) is 1. The lowest BCUT2D eigenvalue weighted by atomic mass is 9.95. The van der Waals surface area contributed by atoms with Crippen molar-refractivity contribution in [1.82, 2.24) is 20.2 Å². The number of hydrogen-bond acceptors (Lipinski definition) is 8. The van der Waals surface area contributed by atoms with E-state index in [1.807, 2.05) is 13.8 Å². The molecule has 0 spiro atoms. The molecule has 9 nitrogen and oxygen atoms in total. The van der Waals surface area contributed by atoms with Gasteiger partial charge in [0.25, 0.3) is 0 Å². The molecule has 2 N–H and O–H groups in total. The molecule has 6 rings (SSSR count). The Balaban J connectivity index is 0.000000515. The SMILES string of the molecule is Cc1cc(C(F)(F)F)nc(-c2ccnc3cc(CN4C(=O)C5C(C4=O)C5(C)C)sc23)c1CC1CNCCO1.O=C(O)C(F)(F)F. The minimum atomic E-state index is -5.08. The van der Waals surface area contributed by atoms with Crippen LogP contribution in [0.5, 0.6) is 0 Å². The first-order valence-corrected chi connectivity index (χ1v) is 14.7. The van der Waals surface area contributed by atoms with Crippen LogP contribution >= 0.6 is 11.3 Å². The number of piperidine rings is 1. The second kappa shape index (κ2) is 11.6. The molecule has 5 heterocycles. The lowest BCUT2D eigenvalue weighted by Gasteiger charge is -2.25. The Morgan fingerprint density at radius 3 is 2.36 bits per heavy atom. The van der Waals surface area contributed by atoms with Gasteiger partial charge in [0.05, 0.1) is 47.0 Å². The first-order chi connectivity index (χ1) is 20.9. The minimum absolute atomic E-state index is 0.130. The summed E-state index contributed by atoms with van der Waals surface area (Å²) in [6, 6.07) is 4.57. The number of amides is 2. The van der Waals surface area contributed by atoms with Crippen LogP contribution < -0.4 is 5.32 Å². The number of aliphatic carboxylic acids is 1. The number of alkyl halides is 6. The predicted molar refractivity (Wildman–Crippen MR) is 149 cm³/mol. The molecule has 2 saturated heterocycles. The molecule has 3 fully saturated rings. The number of halogens is 6. The van der Waals surface area contributed by atoms with Crippen LogP contribution in [0.3, 0.4) is 0 Å². The van der Waals surface area contributed by atoms with Gasteiger partial charge in [-0.15, -0.1) is 11.3 Å². The Morgan fingerprint density at radius 1 is 1.16 bits per heavy atom. The summed E-state index contributed by atoms with van der Waals surface area (Å²) in [7, 11) is 0. The van der Waals surface area contributed by atoms with Crippen molar-refractivity contribution in [2.24, 2.45) is 17.3 Å². The van der Waals surface area contributed by atoms with Gasteiger partial charge in [-0.25, -0.2) is 9.78 Å². The van der Waals surface area contributed by atoms with Gasteiger partial charge in [0.1, 0.15) is 5.69 Å². The molecule has 0 aromatic carbocycles. The maximum atomic E-state index is 13.8. The highest BCUT2D eigenvalue weighted by molar-refractivity contribution is 7.19. The van der Waals surface area contributed by atoms with Crippen molar-refractivity contribution < 1.29 is 50.6 Å². The number of carbonyl (C=O) groups excluding carboxylic acids is 2. The summed E-state index contributed by atoms with van der Waals surface area (Å²) in [6.45, 7) is 7.53. The number of imide groups is 1. The number of aromatic nitrogens is 2. The van der Waals surface area contributed by atoms with Crippen molar-refractivity contribution >= 4 is 39.3 Å². The van der Waals surface area contributed by atoms with E-state index in [9.17, 15) is 35.9 Å². The fourth-order valence-corrected chi connectivity index (χ4v) is 6.99. The van der Waals surface area contributed by atoms with Crippen molar-refractivity contribution in [3.05, 3.63) is 46.1 Å². The Morgan fingerprint density at radius 2 is 1.80 bits per heavy atom. The Hall–Kier alpha value is -3.63. The number of morpholine rings is 1. The molecule has 45 heavy (non-hydrogen) atoms. The average molecular weight is 659 g/mol. The number of pyridine rings is 2. The molecule has 0 bridgehead atoms. The van der Waals surface area contributed by atoms with Gasteiger partial charge < -0.3 is 15.2 Å². The topological polar surface area (TPSA) is 122 Å². The summed E-state index contributed by atoms with van der Waals surface area (Å²) in [4.78, 5) is 45.2. The van der Waals surface area contributed by atoms with E-state index in [0.717, 1.165) is 17.5 Å². The summed E-state index contributed by atoms with van der Waals surface area (Å²) in [6.07, 6.45) is -7.90. The fraction of sp³-hybridized carbons (Fsp3) is 0.483. The number of likely N-dealkylation sites (tertiary alicyclic amines) is 1. The molecule has 1 saturated carbocycles. The molecule has 3 aliphatic rings. The van der Waals surface area contributed by atoms with Crippen molar-refractivity contribution in [2.75, 3.05) is 19.7 Å². The lowest BCUT2D eigenvalue weighted by molar-refractivity contribution is -0.192. The molecular formula is C29H28F6N4O5S. The fourth-order valence-electron chi connectivity index (χ4n) is 5.87. The highest BCUT2D eigenvalue weighted by atomic mass is 32.1. The van der Waals surface area contributed by atoms with Crippen LogP contribution in [0.25, 0.3) is 21.5 Å². The maximum Gasteiger partial charge on any atom is 0.490 e. The standard InChI is InChI=1S/C27H27F3N4O3S.C2HF3O2/c1-13-8-19(27(28,29)30)33-22(17(13)9-14-11-31-6-7-37-14)16-4-5-32-18-10-15(38-23(16)18)12-34-24(35)20-21(25(34)36)26(20,2)3;3-2(4,5)1(6)7/h4-5,8,10,14,20-21,31H,6-7,9,11-12H2,1-3H3;(H,6,7). The number of nitrogens with one attached hydrogen (secondary N) is 1. The van der Waals surface area contributed by atoms with Crippen LogP contribution in [0, 0.1) is 24.2 Å². The Labute approximate surface area is 256 Å².